The summed E-state index contributed by atoms with van der Waals surface area (Å²) in [6, 6.07) is 6.84. The van der Waals surface area contributed by atoms with Crippen molar-refractivity contribution in [1.82, 2.24) is 20.3 Å². The van der Waals surface area contributed by atoms with E-state index in [1.165, 1.54) is 59.3 Å². The lowest BCUT2D eigenvalue weighted by molar-refractivity contribution is -0.152. The van der Waals surface area contributed by atoms with Gasteiger partial charge in [0.2, 0.25) is 5.24 Å². The maximum Gasteiger partial charge on any atom is 0.297 e. The number of H-pyrrole nitrogens is 1. The van der Waals surface area contributed by atoms with Crippen LogP contribution in [0.4, 0.5) is 5.82 Å². The first kappa shape index (κ1) is 76.6. The molecule has 9 heterocycles. The number of halogens is 1. The number of nitrogens with one attached hydrogen (secondary N) is 2. The lowest BCUT2D eigenvalue weighted by atomic mass is 9.86. The highest BCUT2D eigenvalue weighted by Crippen LogP contribution is 2.48. The Morgan fingerprint density at radius 1 is 0.615 bits per heavy atom. The van der Waals surface area contributed by atoms with Crippen LogP contribution >= 0.6 is 11.6 Å². The normalized spacial score (nSPS) is 22.4. The van der Waals surface area contributed by atoms with Crippen LogP contribution in [0, 0.1) is 65.2 Å². The molecule has 11 aliphatic rings. The number of aromatic amines is 1. The Labute approximate surface area is 572 Å². The molecule has 520 valence electrons. The number of nitrogens with zero attached hydrogens (tertiary/aromatic N) is 7. The summed E-state index contributed by atoms with van der Waals surface area (Å²) in [5.41, 5.74) is 15.9. The Hall–Kier alpha value is -6.79. The van der Waals surface area contributed by atoms with Crippen LogP contribution < -0.4 is 21.5 Å². The molecular weight excluding hydrogens is 1240 g/mol. The lowest BCUT2D eigenvalue weighted by Crippen LogP contribution is -2.44. The molecule has 21 nitrogen and oxygen atoms in total. The van der Waals surface area contributed by atoms with Crippen molar-refractivity contribution in [2.24, 2.45) is 23.5 Å². The number of primary amides is 1. The molecule has 22 heteroatoms. The maximum absolute atomic E-state index is 12.0. The number of aromatic nitrogens is 3. The largest absolute Gasteiger partial charge is 0.375 e. The fourth-order valence-corrected chi connectivity index (χ4v) is 12.7. The van der Waals surface area contributed by atoms with Crippen molar-refractivity contribution in [1.29, 1.82) is 15.8 Å². The number of nitrogens with two attached hydrogens (primary N) is 1. The summed E-state index contributed by atoms with van der Waals surface area (Å²) >= 11 is 5.04. The maximum atomic E-state index is 12.0. The fraction of sp³-hybridized carbons (Fsp3) is 0.676. The van der Waals surface area contributed by atoms with E-state index in [9.17, 15) is 44.6 Å². The number of aryl methyl sites for hydroxylation is 1. The van der Waals surface area contributed by atoms with E-state index < -0.39 is 11.8 Å². The molecule has 5 saturated carbocycles. The zero-order valence-corrected chi connectivity index (χ0v) is 59.7. The molecule has 1 unspecified atom stereocenters. The van der Waals surface area contributed by atoms with Crippen LogP contribution in [0.15, 0.2) is 4.79 Å². The highest BCUT2D eigenvalue weighted by molar-refractivity contribution is 6.64. The van der Waals surface area contributed by atoms with Crippen LogP contribution in [0.3, 0.4) is 0 Å². The molecule has 4 N–H and O–H groups in total. The van der Waals surface area contributed by atoms with Gasteiger partial charge in [-0.05, 0) is 175 Å². The van der Waals surface area contributed by atoms with Crippen LogP contribution in [-0.2, 0) is 86.7 Å². The minimum Gasteiger partial charge on any atom is -0.375 e. The molecule has 3 aromatic rings. The number of Topliss-reactive ketones (excluding diaryl/α,β-unsaturated/α-hetero) is 3. The molecule has 1 amide bonds. The molecule has 5 aliphatic carbocycles. The number of anilines is 1. The number of ketones is 3. The van der Waals surface area contributed by atoms with Crippen LogP contribution in [0.5, 0.6) is 0 Å². The Bertz CT molecular complexity index is 3590. The number of carbonyl (C=O) groups excluding carboxylic acids is 5. The second-order valence-corrected chi connectivity index (χ2v) is 30.1. The number of rotatable bonds is 8. The van der Waals surface area contributed by atoms with E-state index in [1.54, 1.807) is 0 Å². The molecule has 0 spiro atoms. The monoisotopic (exact) mass is 1340 g/mol. The standard InChI is InChI=1S/C18H24N4O.C15H18N2O.C14H16N2O2.C11H16O3.C7H12O2.C4H5ClO.C3H4N2O.C2H6/c1-18(2)9-13-14(10-19)17(22-7-5-20-6-8-22)21-16(12-3-4-12)15(13)11-23-18;1-9-12(7-16)11-6-15(2,3)18-8-13(11)14(17-9)10-4-5-10;1-14(2)5-9-10(6-15)13(17)16-12(8-3-4-8)11(9)7-18-14;1-11(2)5-9(12)8(6-14-11)10(13)7-3-4-7;1-7(2)5-6(8)3-4-9-7;5-4(6)3-1-2-3;1-5-2-3(4)6;1-2/h12,20H,3-9,11H2,1-2H3;10H,4-6,8H2,1-3H3;8H,3-5,7H2,1-2H3,(H,16,17);7-8H,3-6H2,1-2H3;3-5H2,1-2H3;3H,1-2H2;2H2,(H2,4,6);1-2H3. The van der Waals surface area contributed by atoms with E-state index >= 15 is 0 Å². The van der Waals surface area contributed by atoms with Crippen molar-refractivity contribution in [3.05, 3.63) is 94.6 Å². The van der Waals surface area contributed by atoms with Crippen molar-refractivity contribution in [2.45, 2.75) is 258 Å². The number of hydrogen-bond acceptors (Lipinski definition) is 18. The number of amides is 1. The van der Waals surface area contributed by atoms with Gasteiger partial charge in [0, 0.05) is 116 Å². The SMILES string of the molecule is CC.CC1(C)CC(=O)C(C(=O)C2CC2)CO1.CC1(C)CC(=O)CCO1.CC1(C)Cc2c(C#N)c(N3CCNCC3)nc(C3CC3)c2CO1.CC1(C)Cc2c(c(C3CC3)[nH]c(=O)c2C#N)CO1.Cc1nc(C2CC2)c2c(c1C#N)CC(C)(C)OC2.O=C(Cl)C1CC1.[C-]#[N+]CC(N)=O. The number of pyridine rings is 3. The van der Waals surface area contributed by atoms with Crippen molar-refractivity contribution in [3.63, 3.8) is 0 Å². The summed E-state index contributed by atoms with van der Waals surface area (Å²) in [5, 5.41) is 31.6. The van der Waals surface area contributed by atoms with Gasteiger partial charge in [-0.1, -0.05) is 13.8 Å². The number of piperazine rings is 1. The molecule has 0 aromatic carbocycles. The summed E-state index contributed by atoms with van der Waals surface area (Å²) in [4.78, 5) is 83.2. The third kappa shape index (κ3) is 21.6. The third-order valence-electron chi connectivity index (χ3n) is 18.4. The smallest absolute Gasteiger partial charge is 0.297 e. The summed E-state index contributed by atoms with van der Waals surface area (Å²) in [5.74, 6) is 2.42. The van der Waals surface area contributed by atoms with Gasteiger partial charge in [0.05, 0.1) is 89.5 Å². The van der Waals surface area contributed by atoms with E-state index in [2.05, 4.69) is 70.6 Å². The van der Waals surface area contributed by atoms with Gasteiger partial charge in [-0.15, -0.1) is 0 Å². The highest BCUT2D eigenvalue weighted by Gasteiger charge is 2.44. The topological polar surface area (TPSA) is 307 Å². The average molecular weight is 1340 g/mol. The van der Waals surface area contributed by atoms with Gasteiger partial charge < -0.3 is 49.5 Å². The lowest BCUT2D eigenvalue weighted by Gasteiger charge is -2.36. The Balaban J connectivity index is 0.000000164. The Morgan fingerprint density at radius 3 is 1.47 bits per heavy atom. The van der Waals surface area contributed by atoms with Crippen LogP contribution in [0.1, 0.15) is 257 Å². The molecular formula is C74H101ClN10O11. The summed E-state index contributed by atoms with van der Waals surface area (Å²) < 4.78 is 28.6. The highest BCUT2D eigenvalue weighted by atomic mass is 35.5. The molecule has 6 aliphatic heterocycles. The fourth-order valence-electron chi connectivity index (χ4n) is 12.5. The van der Waals surface area contributed by atoms with Crippen molar-refractivity contribution in [3.8, 4) is 18.2 Å². The predicted octanol–water partition coefficient (Wildman–Crippen LogP) is 11.1. The minimum absolute atomic E-state index is 0.0677. The van der Waals surface area contributed by atoms with Gasteiger partial charge in [-0.25, -0.2) is 11.6 Å². The predicted molar refractivity (Wildman–Crippen MR) is 364 cm³/mol. The van der Waals surface area contributed by atoms with Crippen molar-refractivity contribution < 1.29 is 47.7 Å². The van der Waals surface area contributed by atoms with Crippen molar-refractivity contribution >= 4 is 45.9 Å². The van der Waals surface area contributed by atoms with E-state index in [-0.39, 0.29) is 74.3 Å². The Kier molecular flexibility index (Phi) is 26.1. The molecule has 0 bridgehead atoms. The second-order valence-electron chi connectivity index (χ2n) is 29.7. The molecule has 96 heavy (non-hydrogen) atoms. The number of ether oxygens (including phenoxy) is 5. The molecule has 3 aromatic heterocycles. The number of carbonyl (C=O) groups is 5. The number of nitriles is 3. The minimum atomic E-state index is -0.565. The second kappa shape index (κ2) is 32.7. The summed E-state index contributed by atoms with van der Waals surface area (Å²) in [6.07, 6.45) is 14.9. The molecule has 8 fully saturated rings. The van der Waals surface area contributed by atoms with Gasteiger partial charge in [0.1, 0.15) is 46.9 Å². The molecule has 3 saturated heterocycles. The molecule has 14 rings (SSSR count). The van der Waals surface area contributed by atoms with Gasteiger partial charge in [-0.2, -0.15) is 15.8 Å². The van der Waals surface area contributed by atoms with Gasteiger partial charge in [0.15, 0.2) is 0 Å². The van der Waals surface area contributed by atoms with Gasteiger partial charge in [-0.3, -0.25) is 33.8 Å². The quantitative estimate of drug-likeness (QED) is 0.107. The summed E-state index contributed by atoms with van der Waals surface area (Å²) in [6.45, 7) is 38.2. The zero-order chi connectivity index (χ0) is 70.7. The average Bonchev–Trinajstić information content (AvgIpc) is 1.17. The van der Waals surface area contributed by atoms with E-state index in [0.29, 0.717) is 82.3 Å². The van der Waals surface area contributed by atoms with E-state index in [1.807, 2.05) is 68.4 Å². The zero-order valence-electron chi connectivity index (χ0n) is 58.9. The van der Waals surface area contributed by atoms with Crippen LogP contribution in [0.25, 0.3) is 4.85 Å². The summed E-state index contributed by atoms with van der Waals surface area (Å²) in [7, 11) is 0. The number of hydrogen-bond donors (Lipinski definition) is 3. The first-order valence-corrected chi connectivity index (χ1v) is 34.8. The van der Waals surface area contributed by atoms with E-state index in [0.717, 1.165) is 117 Å². The first-order valence-electron chi connectivity index (χ1n) is 34.4. The van der Waals surface area contributed by atoms with Crippen LogP contribution in [0.2, 0.25) is 0 Å². The third-order valence-corrected chi connectivity index (χ3v) is 18.7. The van der Waals surface area contributed by atoms with Crippen molar-refractivity contribution in [2.75, 3.05) is 50.8 Å². The number of fused-ring (bicyclic) bond motifs is 3. The van der Waals surface area contributed by atoms with E-state index in [4.69, 9.17) is 46.8 Å². The van der Waals surface area contributed by atoms with Gasteiger partial charge in [0.25, 0.3) is 18.0 Å². The first-order chi connectivity index (χ1) is 45.3. The van der Waals surface area contributed by atoms with Gasteiger partial charge >= 0.3 is 0 Å². The molecule has 1 atom stereocenters. The van der Waals surface area contributed by atoms with Crippen LogP contribution in [-0.4, -0.2) is 117 Å². The Morgan fingerprint density at radius 2 is 1.07 bits per heavy atom. The molecule has 0 radical (unpaired) electrons.